The predicted octanol–water partition coefficient (Wildman–Crippen LogP) is 5.05. The van der Waals surface area contributed by atoms with Gasteiger partial charge < -0.3 is 10.1 Å². The third-order valence-electron chi connectivity index (χ3n) is 2.52. The van der Waals surface area contributed by atoms with Crippen LogP contribution < -0.4 is 5.32 Å². The van der Waals surface area contributed by atoms with Crippen LogP contribution in [-0.2, 0) is 10.9 Å². The lowest BCUT2D eigenvalue weighted by atomic mass is 10.0. The minimum atomic E-state index is -4.50. The van der Waals surface area contributed by atoms with Crippen LogP contribution in [-0.4, -0.2) is 11.7 Å². The third kappa shape index (κ3) is 5.57. The van der Waals surface area contributed by atoms with Crippen LogP contribution in [0.1, 0.15) is 44.9 Å². The Morgan fingerprint density at radius 2 is 1.86 bits per heavy atom. The normalized spacial score (nSPS) is 13.7. The monoisotopic (exact) mass is 367 g/mol. The lowest BCUT2D eigenvalue weighted by Gasteiger charge is -2.23. The number of amides is 1. The maximum atomic E-state index is 13.0. The van der Waals surface area contributed by atoms with E-state index in [4.69, 9.17) is 4.74 Å². The molecule has 1 aromatic rings. The van der Waals surface area contributed by atoms with Crippen molar-refractivity contribution in [2.24, 2.45) is 0 Å². The quantitative estimate of drug-likeness (QED) is 0.793. The van der Waals surface area contributed by atoms with Crippen LogP contribution in [0.15, 0.2) is 22.7 Å². The molecule has 1 unspecified atom stereocenters. The summed E-state index contributed by atoms with van der Waals surface area (Å²) in [7, 11) is 0. The molecular weight excluding hydrogens is 351 g/mol. The van der Waals surface area contributed by atoms with Gasteiger partial charge in [-0.2, -0.15) is 13.2 Å². The Morgan fingerprint density at radius 1 is 1.29 bits per heavy atom. The summed E-state index contributed by atoms with van der Waals surface area (Å²) in [5.74, 6) is 0. The second kappa shape index (κ2) is 6.25. The molecule has 1 rings (SSSR count). The zero-order valence-corrected chi connectivity index (χ0v) is 13.7. The van der Waals surface area contributed by atoms with Crippen LogP contribution in [0.3, 0.4) is 0 Å². The lowest BCUT2D eigenvalue weighted by Crippen LogP contribution is -2.34. The average molecular weight is 368 g/mol. The van der Waals surface area contributed by atoms with E-state index in [0.29, 0.717) is 4.47 Å². The molecule has 0 aliphatic rings. The number of hydrogen-bond donors (Lipinski definition) is 1. The van der Waals surface area contributed by atoms with Crippen molar-refractivity contribution in [3.8, 4) is 0 Å². The highest BCUT2D eigenvalue weighted by Gasteiger charge is 2.35. The number of alkyl carbamates (subject to hydrolysis) is 1. The summed E-state index contributed by atoms with van der Waals surface area (Å²) in [6.07, 6.45) is -5.26. The molecule has 3 nitrogen and oxygen atoms in total. The molecule has 0 heterocycles. The number of carbonyl (C=O) groups is 1. The van der Waals surface area contributed by atoms with E-state index in [1.54, 1.807) is 20.8 Å². The average Bonchev–Trinajstić information content (AvgIpc) is 2.24. The molecule has 0 aliphatic heterocycles. The Bertz CT molecular complexity index is 524. The number of rotatable bonds is 2. The molecule has 118 valence electrons. The smallest absolute Gasteiger partial charge is 0.416 e. The van der Waals surface area contributed by atoms with Gasteiger partial charge in [0.05, 0.1) is 11.6 Å². The highest BCUT2D eigenvalue weighted by molar-refractivity contribution is 9.10. The summed E-state index contributed by atoms with van der Waals surface area (Å²) in [5, 5.41) is 2.41. The Morgan fingerprint density at radius 3 is 2.33 bits per heavy atom. The molecule has 0 aliphatic carbocycles. The van der Waals surface area contributed by atoms with Gasteiger partial charge in [-0.25, -0.2) is 4.79 Å². The summed E-state index contributed by atoms with van der Waals surface area (Å²) in [6, 6.07) is 2.99. The van der Waals surface area contributed by atoms with Crippen molar-refractivity contribution in [3.63, 3.8) is 0 Å². The summed E-state index contributed by atoms with van der Waals surface area (Å²) < 4.78 is 44.5. The lowest BCUT2D eigenvalue weighted by molar-refractivity contribution is -0.138. The van der Waals surface area contributed by atoms with Crippen molar-refractivity contribution in [1.82, 2.24) is 5.32 Å². The van der Waals surface area contributed by atoms with Crippen LogP contribution in [0.4, 0.5) is 18.0 Å². The maximum absolute atomic E-state index is 13.0. The first kappa shape index (κ1) is 17.8. The Hall–Kier alpha value is -1.24. The zero-order valence-electron chi connectivity index (χ0n) is 12.1. The van der Waals surface area contributed by atoms with E-state index in [9.17, 15) is 18.0 Å². The topological polar surface area (TPSA) is 38.3 Å². The van der Waals surface area contributed by atoms with Gasteiger partial charge in [0.25, 0.3) is 0 Å². The van der Waals surface area contributed by atoms with Crippen molar-refractivity contribution < 1.29 is 22.7 Å². The van der Waals surface area contributed by atoms with E-state index in [-0.39, 0.29) is 5.56 Å². The van der Waals surface area contributed by atoms with Gasteiger partial charge in [-0.1, -0.05) is 22.0 Å². The number of benzene rings is 1. The fourth-order valence-electron chi connectivity index (χ4n) is 1.71. The number of nitrogens with one attached hydrogen (secondary N) is 1. The highest BCUT2D eigenvalue weighted by Crippen LogP contribution is 2.36. The van der Waals surface area contributed by atoms with E-state index in [1.807, 2.05) is 0 Å². The molecule has 0 aromatic heterocycles. The van der Waals surface area contributed by atoms with Gasteiger partial charge in [0.15, 0.2) is 0 Å². The number of ether oxygens (including phenoxy) is 1. The first-order valence-electron chi connectivity index (χ1n) is 6.26. The molecule has 0 saturated heterocycles. The van der Waals surface area contributed by atoms with E-state index >= 15 is 0 Å². The van der Waals surface area contributed by atoms with Crippen LogP contribution in [0.25, 0.3) is 0 Å². The van der Waals surface area contributed by atoms with Gasteiger partial charge in [0.2, 0.25) is 0 Å². The Kier molecular flexibility index (Phi) is 5.30. The molecule has 7 heteroatoms. The fraction of sp³-hybridized carbons (Fsp3) is 0.500. The standard InChI is InChI=1S/C14H17BrF3NO2/c1-8(19-12(20)21-13(2,3)4)10-6-5-9(15)7-11(10)14(16,17)18/h5-8H,1-4H3,(H,19,20). The maximum Gasteiger partial charge on any atom is 0.416 e. The number of carbonyl (C=O) groups excluding carboxylic acids is 1. The van der Waals surface area contributed by atoms with Gasteiger partial charge in [-0.15, -0.1) is 0 Å². The molecule has 1 amide bonds. The third-order valence-corrected chi connectivity index (χ3v) is 3.01. The van der Waals surface area contributed by atoms with Crippen LogP contribution in [0.5, 0.6) is 0 Å². The highest BCUT2D eigenvalue weighted by atomic mass is 79.9. The molecule has 0 spiro atoms. The summed E-state index contributed by atoms with van der Waals surface area (Å²) in [5.41, 5.74) is -1.52. The first-order chi connectivity index (χ1) is 9.40. The minimum absolute atomic E-state index is 0.0171. The van der Waals surface area contributed by atoms with Crippen molar-refractivity contribution in [2.45, 2.75) is 45.5 Å². The SMILES string of the molecule is CC(NC(=O)OC(C)(C)C)c1ccc(Br)cc1C(F)(F)F. The van der Waals surface area contributed by atoms with Gasteiger partial charge in [-0.3, -0.25) is 0 Å². The number of hydrogen-bond acceptors (Lipinski definition) is 2. The summed E-state index contributed by atoms with van der Waals surface area (Å²) in [6.45, 7) is 6.51. The van der Waals surface area contributed by atoms with Gasteiger partial charge >= 0.3 is 12.3 Å². The molecule has 1 aromatic carbocycles. The Balaban J connectivity index is 2.98. The van der Waals surface area contributed by atoms with Crippen molar-refractivity contribution in [1.29, 1.82) is 0 Å². The minimum Gasteiger partial charge on any atom is -0.444 e. The largest absolute Gasteiger partial charge is 0.444 e. The van der Waals surface area contributed by atoms with Gasteiger partial charge in [0.1, 0.15) is 5.60 Å². The predicted molar refractivity (Wildman–Crippen MR) is 76.9 cm³/mol. The molecule has 1 atom stereocenters. The van der Waals surface area contributed by atoms with Crippen LogP contribution >= 0.6 is 15.9 Å². The molecule has 0 radical (unpaired) electrons. The van der Waals surface area contributed by atoms with E-state index in [2.05, 4.69) is 21.2 Å². The van der Waals surface area contributed by atoms with E-state index < -0.39 is 29.5 Å². The van der Waals surface area contributed by atoms with Crippen molar-refractivity contribution >= 4 is 22.0 Å². The summed E-state index contributed by atoms with van der Waals surface area (Å²) >= 11 is 3.02. The fourth-order valence-corrected chi connectivity index (χ4v) is 2.07. The number of halogens is 4. The van der Waals surface area contributed by atoms with E-state index in [0.717, 1.165) is 6.07 Å². The second-order valence-corrected chi connectivity index (χ2v) is 6.51. The van der Waals surface area contributed by atoms with Crippen LogP contribution in [0.2, 0.25) is 0 Å². The van der Waals surface area contributed by atoms with Crippen molar-refractivity contribution in [2.75, 3.05) is 0 Å². The molecule has 1 N–H and O–H groups in total. The van der Waals surface area contributed by atoms with Gasteiger partial charge in [0, 0.05) is 4.47 Å². The Labute approximate surface area is 130 Å². The number of alkyl halides is 3. The molecular formula is C14H17BrF3NO2. The second-order valence-electron chi connectivity index (χ2n) is 5.60. The molecule has 0 fully saturated rings. The summed E-state index contributed by atoms with van der Waals surface area (Å²) in [4.78, 5) is 11.6. The van der Waals surface area contributed by atoms with Gasteiger partial charge in [-0.05, 0) is 45.4 Å². The first-order valence-corrected chi connectivity index (χ1v) is 7.05. The molecule has 21 heavy (non-hydrogen) atoms. The zero-order chi connectivity index (χ0) is 16.4. The molecule has 0 saturated carbocycles. The molecule has 0 bridgehead atoms. The van der Waals surface area contributed by atoms with E-state index in [1.165, 1.54) is 19.1 Å². The van der Waals surface area contributed by atoms with Crippen molar-refractivity contribution in [3.05, 3.63) is 33.8 Å². The van der Waals surface area contributed by atoms with Crippen LogP contribution in [0, 0.1) is 0 Å².